The predicted octanol–water partition coefficient (Wildman–Crippen LogP) is 2.25. The first-order chi connectivity index (χ1) is 10.1. The average molecular weight is 286 g/mol. The molecule has 2 rings (SSSR count). The molecule has 1 aliphatic rings. The van der Waals surface area contributed by atoms with Gasteiger partial charge < -0.3 is 10.0 Å². The molecule has 0 aliphatic carbocycles. The summed E-state index contributed by atoms with van der Waals surface area (Å²) in [5, 5.41) is 18.3. The zero-order chi connectivity index (χ0) is 15.2. The van der Waals surface area contributed by atoms with Crippen LogP contribution in [0.4, 0.5) is 0 Å². The van der Waals surface area contributed by atoms with Crippen molar-refractivity contribution in [3.63, 3.8) is 0 Å². The monoisotopic (exact) mass is 286 g/mol. The number of aryl methyl sites for hydroxylation is 1. The molecule has 1 N–H and O–H groups in total. The minimum Gasteiger partial charge on any atom is -0.393 e. The second-order valence-electron chi connectivity index (χ2n) is 5.78. The number of aliphatic hydroxyl groups excluding tert-OH is 1. The van der Waals surface area contributed by atoms with Crippen LogP contribution in [0, 0.1) is 11.3 Å². The lowest BCUT2D eigenvalue weighted by Gasteiger charge is -2.25. The van der Waals surface area contributed by atoms with Gasteiger partial charge in [-0.2, -0.15) is 5.26 Å². The number of amides is 1. The lowest BCUT2D eigenvalue weighted by Crippen LogP contribution is -2.37. The first-order valence-electron chi connectivity index (χ1n) is 7.56. The van der Waals surface area contributed by atoms with Crippen molar-refractivity contribution >= 4 is 5.91 Å². The summed E-state index contributed by atoms with van der Waals surface area (Å²) in [6, 6.07) is 9.66. The third-order valence-electron chi connectivity index (χ3n) is 4.02. The Hall–Kier alpha value is -1.86. The number of carbonyl (C=O) groups excluding carboxylic acids is 1. The number of rotatable bonds is 5. The van der Waals surface area contributed by atoms with E-state index in [-0.39, 0.29) is 18.1 Å². The van der Waals surface area contributed by atoms with Crippen molar-refractivity contribution in [1.82, 2.24) is 4.90 Å². The molecule has 0 saturated carbocycles. The highest BCUT2D eigenvalue weighted by atomic mass is 16.3. The van der Waals surface area contributed by atoms with Crippen LogP contribution >= 0.6 is 0 Å². The van der Waals surface area contributed by atoms with Gasteiger partial charge in [0, 0.05) is 19.0 Å². The van der Waals surface area contributed by atoms with Gasteiger partial charge in [-0.25, -0.2) is 0 Å². The van der Waals surface area contributed by atoms with Crippen molar-refractivity contribution in [2.75, 3.05) is 6.54 Å². The zero-order valence-electron chi connectivity index (χ0n) is 12.5. The van der Waals surface area contributed by atoms with Gasteiger partial charge in [-0.15, -0.1) is 0 Å². The van der Waals surface area contributed by atoms with Crippen molar-refractivity contribution in [2.45, 2.75) is 51.2 Å². The van der Waals surface area contributed by atoms with Crippen LogP contribution < -0.4 is 0 Å². The van der Waals surface area contributed by atoms with Crippen LogP contribution in [0.2, 0.25) is 0 Å². The smallest absolute Gasteiger partial charge is 0.223 e. The van der Waals surface area contributed by atoms with Gasteiger partial charge >= 0.3 is 0 Å². The maximum absolute atomic E-state index is 12.3. The largest absolute Gasteiger partial charge is 0.393 e. The van der Waals surface area contributed by atoms with Gasteiger partial charge in [-0.3, -0.25) is 4.79 Å². The van der Waals surface area contributed by atoms with Gasteiger partial charge in [-0.1, -0.05) is 12.1 Å². The number of nitrogens with zero attached hydrogens (tertiary/aromatic N) is 2. The van der Waals surface area contributed by atoms with Crippen LogP contribution in [0.5, 0.6) is 0 Å². The SMILES string of the molecule is CC(O)CC1CCCN1C(=O)CCc1ccc(C#N)cc1. The molecular formula is C17H22N2O2. The first kappa shape index (κ1) is 15.5. The number of likely N-dealkylation sites (tertiary alicyclic amines) is 1. The van der Waals surface area contributed by atoms with Crippen LogP contribution in [0.15, 0.2) is 24.3 Å². The summed E-state index contributed by atoms with van der Waals surface area (Å²) in [7, 11) is 0. The average Bonchev–Trinajstić information content (AvgIpc) is 2.92. The molecular weight excluding hydrogens is 264 g/mol. The van der Waals surface area contributed by atoms with Gasteiger partial charge in [0.2, 0.25) is 5.91 Å². The topological polar surface area (TPSA) is 64.3 Å². The van der Waals surface area contributed by atoms with Crippen molar-refractivity contribution in [3.8, 4) is 6.07 Å². The molecule has 0 spiro atoms. The normalized spacial score (nSPS) is 19.3. The lowest BCUT2D eigenvalue weighted by atomic mass is 10.1. The standard InChI is InChI=1S/C17H22N2O2/c1-13(20)11-16-3-2-10-19(16)17(21)9-8-14-4-6-15(12-18)7-5-14/h4-7,13,16,20H,2-3,8-11H2,1H3. The fraction of sp³-hybridized carbons (Fsp3) is 0.529. The number of hydrogen-bond acceptors (Lipinski definition) is 3. The van der Waals surface area contributed by atoms with Gasteiger partial charge in [0.25, 0.3) is 0 Å². The molecule has 2 unspecified atom stereocenters. The maximum Gasteiger partial charge on any atom is 0.223 e. The van der Waals surface area contributed by atoms with Crippen LogP contribution in [-0.2, 0) is 11.2 Å². The molecule has 21 heavy (non-hydrogen) atoms. The van der Waals surface area contributed by atoms with E-state index in [0.29, 0.717) is 24.8 Å². The van der Waals surface area contributed by atoms with Gasteiger partial charge in [-0.05, 0) is 50.3 Å². The van der Waals surface area contributed by atoms with Gasteiger partial charge in [0.05, 0.1) is 17.7 Å². The molecule has 0 aromatic heterocycles. The Morgan fingerprint density at radius 2 is 2.19 bits per heavy atom. The fourth-order valence-corrected chi connectivity index (χ4v) is 2.94. The van der Waals surface area contributed by atoms with E-state index in [4.69, 9.17) is 5.26 Å². The van der Waals surface area contributed by atoms with Crippen molar-refractivity contribution < 1.29 is 9.90 Å². The maximum atomic E-state index is 12.3. The Morgan fingerprint density at radius 1 is 1.48 bits per heavy atom. The predicted molar refractivity (Wildman–Crippen MR) is 80.5 cm³/mol. The van der Waals surface area contributed by atoms with E-state index in [1.807, 2.05) is 17.0 Å². The van der Waals surface area contributed by atoms with Gasteiger partial charge in [0.1, 0.15) is 0 Å². The fourth-order valence-electron chi connectivity index (χ4n) is 2.94. The number of nitriles is 1. The summed E-state index contributed by atoms with van der Waals surface area (Å²) in [6.45, 7) is 2.58. The molecule has 1 aliphatic heterocycles. The minimum absolute atomic E-state index is 0.169. The highest BCUT2D eigenvalue weighted by Gasteiger charge is 2.28. The number of hydrogen-bond donors (Lipinski definition) is 1. The van der Waals surface area contributed by atoms with Crippen molar-refractivity contribution in [1.29, 1.82) is 5.26 Å². The molecule has 1 amide bonds. The Morgan fingerprint density at radius 3 is 2.81 bits per heavy atom. The molecule has 1 aromatic rings. The Labute approximate surface area is 126 Å². The second kappa shape index (κ2) is 7.24. The van der Waals surface area contributed by atoms with Crippen LogP contribution in [0.3, 0.4) is 0 Å². The summed E-state index contributed by atoms with van der Waals surface area (Å²) >= 11 is 0. The third kappa shape index (κ3) is 4.30. The lowest BCUT2D eigenvalue weighted by molar-refractivity contribution is -0.132. The Bertz CT molecular complexity index is 517. The molecule has 0 bridgehead atoms. The van der Waals surface area contributed by atoms with E-state index in [9.17, 15) is 9.90 Å². The zero-order valence-corrected chi connectivity index (χ0v) is 12.5. The van der Waals surface area contributed by atoms with Crippen LogP contribution in [0.25, 0.3) is 0 Å². The van der Waals surface area contributed by atoms with Crippen LogP contribution in [-0.4, -0.2) is 34.6 Å². The van der Waals surface area contributed by atoms with E-state index < -0.39 is 0 Å². The summed E-state index contributed by atoms with van der Waals surface area (Å²) < 4.78 is 0. The van der Waals surface area contributed by atoms with E-state index in [2.05, 4.69) is 6.07 Å². The second-order valence-corrected chi connectivity index (χ2v) is 5.78. The quantitative estimate of drug-likeness (QED) is 0.903. The molecule has 112 valence electrons. The minimum atomic E-state index is -0.359. The van der Waals surface area contributed by atoms with Crippen LogP contribution in [0.1, 0.15) is 43.7 Å². The van der Waals surface area contributed by atoms with Crippen molar-refractivity contribution in [3.05, 3.63) is 35.4 Å². The Balaban J connectivity index is 1.87. The summed E-state index contributed by atoms with van der Waals surface area (Å²) in [4.78, 5) is 14.3. The molecule has 1 heterocycles. The summed E-state index contributed by atoms with van der Waals surface area (Å²) in [5.41, 5.74) is 1.72. The highest BCUT2D eigenvalue weighted by molar-refractivity contribution is 5.77. The molecule has 0 radical (unpaired) electrons. The molecule has 4 heteroatoms. The number of aliphatic hydroxyl groups is 1. The van der Waals surface area contributed by atoms with E-state index >= 15 is 0 Å². The van der Waals surface area contributed by atoms with E-state index in [1.54, 1.807) is 19.1 Å². The molecule has 1 saturated heterocycles. The van der Waals surface area contributed by atoms with Gasteiger partial charge in [0.15, 0.2) is 0 Å². The first-order valence-corrected chi connectivity index (χ1v) is 7.56. The Kier molecular flexibility index (Phi) is 5.35. The molecule has 1 aromatic carbocycles. The molecule has 4 nitrogen and oxygen atoms in total. The highest BCUT2D eigenvalue weighted by Crippen LogP contribution is 2.22. The van der Waals surface area contributed by atoms with E-state index in [0.717, 1.165) is 24.9 Å². The molecule has 2 atom stereocenters. The molecule has 1 fully saturated rings. The number of benzene rings is 1. The van der Waals surface area contributed by atoms with E-state index in [1.165, 1.54) is 0 Å². The number of carbonyl (C=O) groups is 1. The summed E-state index contributed by atoms with van der Waals surface area (Å²) in [6.07, 6.45) is 3.52. The van der Waals surface area contributed by atoms with Crippen molar-refractivity contribution in [2.24, 2.45) is 0 Å². The third-order valence-corrected chi connectivity index (χ3v) is 4.02. The summed E-state index contributed by atoms with van der Waals surface area (Å²) in [5.74, 6) is 0.169.